The molecule has 0 spiro atoms. The highest BCUT2D eigenvalue weighted by molar-refractivity contribution is 5.76. The highest BCUT2D eigenvalue weighted by Gasteiger charge is 2.33. The monoisotopic (exact) mass is 332 g/mol. The zero-order valence-electron chi connectivity index (χ0n) is 14.1. The van der Waals surface area contributed by atoms with Crippen molar-refractivity contribution in [2.24, 2.45) is 17.6 Å². The molecule has 0 bridgehead atoms. The highest BCUT2D eigenvalue weighted by atomic mass is 16.3. The molecular formula is C16H24N6O2. The molecule has 2 N–H and O–H groups in total. The zero-order valence-corrected chi connectivity index (χ0v) is 14.1. The number of primary amides is 1. The molecule has 1 atom stereocenters. The number of likely N-dealkylation sites (tertiary alicyclic amines) is 1. The highest BCUT2D eigenvalue weighted by Crippen LogP contribution is 2.31. The Morgan fingerprint density at radius 3 is 2.75 bits per heavy atom. The van der Waals surface area contributed by atoms with Gasteiger partial charge in [-0.3, -0.25) is 9.69 Å². The van der Waals surface area contributed by atoms with Gasteiger partial charge in [-0.05, 0) is 54.4 Å². The normalized spacial score (nSPS) is 18.1. The van der Waals surface area contributed by atoms with Crippen LogP contribution in [0.1, 0.15) is 44.3 Å². The van der Waals surface area contributed by atoms with Crippen molar-refractivity contribution < 1.29 is 9.21 Å². The predicted molar refractivity (Wildman–Crippen MR) is 86.7 cm³/mol. The van der Waals surface area contributed by atoms with Crippen molar-refractivity contribution in [1.82, 2.24) is 25.1 Å². The van der Waals surface area contributed by atoms with Gasteiger partial charge in [0.05, 0.1) is 12.3 Å². The van der Waals surface area contributed by atoms with Crippen LogP contribution in [0.4, 0.5) is 0 Å². The Bertz CT molecular complexity index is 658. The topological polar surface area (TPSA) is 103 Å². The van der Waals surface area contributed by atoms with E-state index < -0.39 is 0 Å². The minimum absolute atomic E-state index is 0.0202. The number of hydrogen-bond donors (Lipinski definition) is 1. The number of furan rings is 1. The van der Waals surface area contributed by atoms with Crippen molar-refractivity contribution in [3.8, 4) is 0 Å². The van der Waals surface area contributed by atoms with Gasteiger partial charge in [0.1, 0.15) is 12.3 Å². The molecule has 0 radical (unpaired) electrons. The average Bonchev–Trinajstić information content (AvgIpc) is 3.21. The summed E-state index contributed by atoms with van der Waals surface area (Å²) in [6, 6.07) is 3.87. The van der Waals surface area contributed by atoms with Crippen molar-refractivity contribution in [3.05, 3.63) is 30.0 Å². The third kappa shape index (κ3) is 3.48. The second kappa shape index (κ2) is 7.12. The maximum Gasteiger partial charge on any atom is 0.220 e. The first-order valence-corrected chi connectivity index (χ1v) is 8.38. The van der Waals surface area contributed by atoms with Crippen LogP contribution < -0.4 is 5.73 Å². The van der Waals surface area contributed by atoms with Crippen LogP contribution in [0, 0.1) is 11.8 Å². The van der Waals surface area contributed by atoms with E-state index >= 15 is 0 Å². The number of aromatic nitrogens is 4. The maximum atomic E-state index is 11.4. The lowest BCUT2D eigenvalue weighted by molar-refractivity contribution is -0.123. The Balaban J connectivity index is 1.77. The molecule has 130 valence electrons. The number of hydrogen-bond acceptors (Lipinski definition) is 6. The first kappa shape index (κ1) is 16.6. The fourth-order valence-corrected chi connectivity index (χ4v) is 3.43. The summed E-state index contributed by atoms with van der Waals surface area (Å²) in [4.78, 5) is 13.7. The standard InChI is InChI=1S/C16H24N6O2/c1-11(2)14(21-7-5-12(6-8-21)15(17)23)16-18-19-20-22(16)10-13-4-3-9-24-13/h3-4,9,11-12,14H,5-8,10H2,1-2H3,(H2,17,23)/t14-/m0/s1. The summed E-state index contributed by atoms with van der Waals surface area (Å²) in [5, 5.41) is 12.3. The first-order valence-electron chi connectivity index (χ1n) is 8.38. The van der Waals surface area contributed by atoms with Crippen LogP contribution >= 0.6 is 0 Å². The van der Waals surface area contributed by atoms with Gasteiger partial charge in [-0.1, -0.05) is 13.8 Å². The molecule has 2 aromatic rings. The summed E-state index contributed by atoms with van der Waals surface area (Å²) in [7, 11) is 0. The zero-order chi connectivity index (χ0) is 17.1. The molecule has 8 heteroatoms. The van der Waals surface area contributed by atoms with Gasteiger partial charge in [0.15, 0.2) is 5.82 Å². The second-order valence-electron chi connectivity index (χ2n) is 6.68. The number of carbonyl (C=O) groups is 1. The molecule has 2 aromatic heterocycles. The molecule has 3 rings (SSSR count). The van der Waals surface area contributed by atoms with Crippen molar-refractivity contribution in [1.29, 1.82) is 0 Å². The molecular weight excluding hydrogens is 308 g/mol. The SMILES string of the molecule is CC(C)[C@@H](c1nnnn1Cc1ccco1)N1CCC(C(N)=O)CC1. The molecule has 1 fully saturated rings. The van der Waals surface area contributed by atoms with Gasteiger partial charge in [-0.25, -0.2) is 4.68 Å². The minimum Gasteiger partial charge on any atom is -0.467 e. The molecule has 0 aliphatic carbocycles. The fourth-order valence-electron chi connectivity index (χ4n) is 3.43. The molecule has 0 unspecified atom stereocenters. The Morgan fingerprint density at radius 1 is 1.42 bits per heavy atom. The lowest BCUT2D eigenvalue weighted by Crippen LogP contribution is -2.42. The molecule has 3 heterocycles. The number of amides is 1. The third-order valence-electron chi connectivity index (χ3n) is 4.67. The van der Waals surface area contributed by atoms with Crippen LogP contribution in [-0.2, 0) is 11.3 Å². The molecule has 0 aromatic carbocycles. The van der Waals surface area contributed by atoms with Crippen LogP contribution in [0.25, 0.3) is 0 Å². The Morgan fingerprint density at radius 2 is 2.17 bits per heavy atom. The Hall–Kier alpha value is -2.22. The molecule has 1 saturated heterocycles. The summed E-state index contributed by atoms with van der Waals surface area (Å²) in [5.41, 5.74) is 5.44. The number of carbonyl (C=O) groups excluding carboxylic acids is 1. The van der Waals surface area contributed by atoms with Crippen LogP contribution in [0.2, 0.25) is 0 Å². The number of nitrogens with two attached hydrogens (primary N) is 1. The average molecular weight is 332 g/mol. The van der Waals surface area contributed by atoms with E-state index in [0.29, 0.717) is 12.5 Å². The number of rotatable bonds is 6. The van der Waals surface area contributed by atoms with E-state index in [1.54, 1.807) is 10.9 Å². The molecule has 0 saturated carbocycles. The fraction of sp³-hybridized carbons (Fsp3) is 0.625. The molecule has 1 aliphatic heterocycles. The summed E-state index contributed by atoms with van der Waals surface area (Å²) >= 11 is 0. The summed E-state index contributed by atoms with van der Waals surface area (Å²) < 4.78 is 7.20. The number of nitrogens with zero attached hydrogens (tertiary/aromatic N) is 5. The predicted octanol–water partition coefficient (Wildman–Crippen LogP) is 1.21. The van der Waals surface area contributed by atoms with Gasteiger partial charge in [0.2, 0.25) is 5.91 Å². The van der Waals surface area contributed by atoms with E-state index in [0.717, 1.165) is 37.5 Å². The lowest BCUT2D eigenvalue weighted by atomic mass is 9.92. The number of piperidine rings is 1. The van der Waals surface area contributed by atoms with Crippen LogP contribution in [-0.4, -0.2) is 44.1 Å². The van der Waals surface area contributed by atoms with Gasteiger partial charge < -0.3 is 10.2 Å². The minimum atomic E-state index is -0.196. The maximum absolute atomic E-state index is 11.4. The van der Waals surface area contributed by atoms with E-state index in [1.165, 1.54) is 0 Å². The van der Waals surface area contributed by atoms with E-state index in [4.69, 9.17) is 10.2 Å². The van der Waals surface area contributed by atoms with Crippen molar-refractivity contribution in [2.75, 3.05) is 13.1 Å². The van der Waals surface area contributed by atoms with E-state index in [2.05, 4.69) is 34.3 Å². The molecule has 1 amide bonds. The van der Waals surface area contributed by atoms with Crippen LogP contribution in [0.5, 0.6) is 0 Å². The Labute approximate surface area is 141 Å². The third-order valence-corrected chi connectivity index (χ3v) is 4.67. The van der Waals surface area contributed by atoms with Crippen molar-refractivity contribution >= 4 is 5.91 Å². The van der Waals surface area contributed by atoms with Gasteiger partial charge in [-0.2, -0.15) is 0 Å². The first-order chi connectivity index (χ1) is 11.6. The van der Waals surface area contributed by atoms with E-state index in [9.17, 15) is 4.79 Å². The van der Waals surface area contributed by atoms with Crippen LogP contribution in [0.3, 0.4) is 0 Å². The Kier molecular flexibility index (Phi) is 4.94. The van der Waals surface area contributed by atoms with Gasteiger partial charge in [-0.15, -0.1) is 5.10 Å². The number of tetrazole rings is 1. The van der Waals surface area contributed by atoms with E-state index in [1.807, 2.05) is 12.1 Å². The lowest BCUT2D eigenvalue weighted by Gasteiger charge is -2.37. The van der Waals surface area contributed by atoms with Gasteiger partial charge >= 0.3 is 0 Å². The smallest absolute Gasteiger partial charge is 0.220 e. The largest absolute Gasteiger partial charge is 0.467 e. The molecule has 8 nitrogen and oxygen atoms in total. The quantitative estimate of drug-likeness (QED) is 0.853. The second-order valence-corrected chi connectivity index (χ2v) is 6.68. The van der Waals surface area contributed by atoms with Crippen molar-refractivity contribution in [2.45, 2.75) is 39.3 Å². The van der Waals surface area contributed by atoms with E-state index in [-0.39, 0.29) is 17.9 Å². The molecule has 1 aliphatic rings. The summed E-state index contributed by atoms with van der Waals surface area (Å²) in [5.74, 6) is 1.78. The summed E-state index contributed by atoms with van der Waals surface area (Å²) in [6.07, 6.45) is 3.23. The summed E-state index contributed by atoms with van der Waals surface area (Å²) in [6.45, 7) is 6.48. The van der Waals surface area contributed by atoms with Gasteiger partial charge in [0.25, 0.3) is 0 Å². The van der Waals surface area contributed by atoms with Gasteiger partial charge in [0, 0.05) is 5.92 Å². The van der Waals surface area contributed by atoms with Crippen molar-refractivity contribution in [3.63, 3.8) is 0 Å². The molecule has 24 heavy (non-hydrogen) atoms. The van der Waals surface area contributed by atoms with Crippen LogP contribution in [0.15, 0.2) is 22.8 Å².